The molecule has 82 valence electrons. The van der Waals surface area contributed by atoms with Gasteiger partial charge in [0.15, 0.2) is 0 Å². The molecule has 0 unspecified atom stereocenters. The van der Waals surface area contributed by atoms with E-state index >= 15 is 0 Å². The van der Waals surface area contributed by atoms with E-state index in [0.717, 1.165) is 19.3 Å². The number of ether oxygens (including phenoxy) is 1. The number of carboxylic acid groups (broad SMARTS) is 1. The zero-order chi connectivity index (χ0) is 10.8. The molecular weight excluding hydrogens is 184 g/mol. The Hall–Kier alpha value is -1.06. The Morgan fingerprint density at radius 1 is 1.14 bits per heavy atom. The van der Waals surface area contributed by atoms with Crippen LogP contribution in [0.4, 0.5) is 0 Å². The van der Waals surface area contributed by atoms with E-state index < -0.39 is 5.97 Å². The molecule has 0 aliphatic carbocycles. The molecule has 0 heterocycles. The Kier molecular flexibility index (Phi) is 7.89. The zero-order valence-corrected chi connectivity index (χ0v) is 8.62. The Balaban J connectivity index is 3.24. The van der Waals surface area contributed by atoms with Crippen LogP contribution in [-0.4, -0.2) is 23.7 Å². The van der Waals surface area contributed by atoms with Crippen LogP contribution in [0, 0.1) is 0 Å². The first kappa shape index (κ1) is 12.9. The van der Waals surface area contributed by atoms with Crippen molar-refractivity contribution in [3.05, 3.63) is 0 Å². The van der Waals surface area contributed by atoms with Gasteiger partial charge in [0.1, 0.15) is 0 Å². The number of unbranched alkanes of at least 4 members (excludes halogenated alkanes) is 2. The highest BCUT2D eigenvalue weighted by atomic mass is 16.5. The smallest absolute Gasteiger partial charge is 0.305 e. The van der Waals surface area contributed by atoms with E-state index in [1.54, 1.807) is 0 Å². The lowest BCUT2D eigenvalue weighted by molar-refractivity contribution is -0.144. The summed E-state index contributed by atoms with van der Waals surface area (Å²) < 4.78 is 4.89. The van der Waals surface area contributed by atoms with Crippen LogP contribution >= 0.6 is 0 Å². The molecule has 0 atom stereocenters. The van der Waals surface area contributed by atoms with Crippen LogP contribution in [0.25, 0.3) is 0 Å². The van der Waals surface area contributed by atoms with Crippen molar-refractivity contribution in [2.24, 2.45) is 0 Å². The van der Waals surface area contributed by atoms with Crippen LogP contribution in [0.3, 0.4) is 0 Å². The van der Waals surface area contributed by atoms with Crippen molar-refractivity contribution in [1.29, 1.82) is 0 Å². The largest absolute Gasteiger partial charge is 0.481 e. The van der Waals surface area contributed by atoms with Gasteiger partial charge < -0.3 is 9.84 Å². The molecule has 0 aromatic carbocycles. The van der Waals surface area contributed by atoms with E-state index in [1.165, 1.54) is 0 Å². The fourth-order valence-corrected chi connectivity index (χ4v) is 0.994. The molecule has 4 nitrogen and oxygen atoms in total. The normalized spacial score (nSPS) is 9.79. The van der Waals surface area contributed by atoms with Gasteiger partial charge in [-0.3, -0.25) is 9.59 Å². The van der Waals surface area contributed by atoms with Gasteiger partial charge >= 0.3 is 11.9 Å². The van der Waals surface area contributed by atoms with Gasteiger partial charge in [0.25, 0.3) is 0 Å². The van der Waals surface area contributed by atoms with Gasteiger partial charge in [0, 0.05) is 12.8 Å². The van der Waals surface area contributed by atoms with Gasteiger partial charge in [-0.1, -0.05) is 19.8 Å². The lowest BCUT2D eigenvalue weighted by Gasteiger charge is -2.02. The average Bonchev–Trinajstić information content (AvgIpc) is 2.12. The summed E-state index contributed by atoms with van der Waals surface area (Å²) >= 11 is 0. The van der Waals surface area contributed by atoms with Crippen LogP contribution in [0.15, 0.2) is 0 Å². The molecule has 14 heavy (non-hydrogen) atoms. The quantitative estimate of drug-likeness (QED) is 0.483. The molecule has 0 fully saturated rings. The SMILES string of the molecule is CCCCCOC(=O)CCCC(=O)O. The Morgan fingerprint density at radius 2 is 1.86 bits per heavy atom. The molecule has 0 saturated carbocycles. The molecular formula is C10H18O4. The minimum absolute atomic E-state index is 0.0318. The Morgan fingerprint density at radius 3 is 2.43 bits per heavy atom. The summed E-state index contributed by atoms with van der Waals surface area (Å²) in [6, 6.07) is 0. The first-order valence-corrected chi connectivity index (χ1v) is 5.04. The maximum absolute atomic E-state index is 11.0. The van der Waals surface area contributed by atoms with E-state index in [2.05, 4.69) is 6.92 Å². The Bertz CT molecular complexity index is 177. The molecule has 0 aromatic rings. The van der Waals surface area contributed by atoms with Crippen LogP contribution in [0.1, 0.15) is 45.4 Å². The van der Waals surface area contributed by atoms with Gasteiger partial charge in [0.2, 0.25) is 0 Å². The van der Waals surface area contributed by atoms with E-state index in [4.69, 9.17) is 9.84 Å². The molecule has 0 saturated heterocycles. The number of esters is 1. The molecule has 0 aliphatic rings. The van der Waals surface area contributed by atoms with Crippen LogP contribution in [0.5, 0.6) is 0 Å². The lowest BCUT2D eigenvalue weighted by Crippen LogP contribution is -2.06. The maximum Gasteiger partial charge on any atom is 0.305 e. The van der Waals surface area contributed by atoms with Crippen LogP contribution in [0.2, 0.25) is 0 Å². The molecule has 0 rings (SSSR count). The van der Waals surface area contributed by atoms with Crippen molar-refractivity contribution < 1.29 is 19.4 Å². The number of carbonyl (C=O) groups excluding carboxylic acids is 1. The van der Waals surface area contributed by atoms with Gasteiger partial charge in [0.05, 0.1) is 6.61 Å². The third kappa shape index (κ3) is 9.03. The summed E-state index contributed by atoms with van der Waals surface area (Å²) in [5.74, 6) is -1.16. The van der Waals surface area contributed by atoms with E-state index in [0.29, 0.717) is 13.0 Å². The summed E-state index contributed by atoms with van der Waals surface area (Å²) in [5.41, 5.74) is 0. The number of aliphatic carboxylic acids is 1. The standard InChI is InChI=1S/C10H18O4/c1-2-3-4-8-14-10(13)7-5-6-9(11)12/h2-8H2,1H3,(H,11,12). The summed E-state index contributed by atoms with van der Waals surface area (Å²) in [6.45, 7) is 2.54. The van der Waals surface area contributed by atoms with Crippen molar-refractivity contribution in [3.63, 3.8) is 0 Å². The van der Waals surface area contributed by atoms with E-state index in [-0.39, 0.29) is 18.8 Å². The lowest BCUT2D eigenvalue weighted by atomic mass is 10.2. The van der Waals surface area contributed by atoms with Crippen LogP contribution in [-0.2, 0) is 14.3 Å². The topological polar surface area (TPSA) is 63.6 Å². The minimum atomic E-state index is -0.871. The minimum Gasteiger partial charge on any atom is -0.481 e. The fraction of sp³-hybridized carbons (Fsp3) is 0.800. The third-order valence-electron chi connectivity index (χ3n) is 1.78. The number of rotatable bonds is 8. The van der Waals surface area contributed by atoms with E-state index in [9.17, 15) is 9.59 Å². The predicted octanol–water partition coefficient (Wildman–Crippen LogP) is 1.97. The fourth-order valence-electron chi connectivity index (χ4n) is 0.994. The highest BCUT2D eigenvalue weighted by Crippen LogP contribution is 2.00. The van der Waals surface area contributed by atoms with Gasteiger partial charge in [-0.2, -0.15) is 0 Å². The Labute approximate surface area is 84.3 Å². The second-order valence-electron chi connectivity index (χ2n) is 3.17. The van der Waals surface area contributed by atoms with Gasteiger partial charge in [-0.05, 0) is 12.8 Å². The molecule has 0 aromatic heterocycles. The number of carbonyl (C=O) groups is 2. The first-order valence-electron chi connectivity index (χ1n) is 5.04. The van der Waals surface area contributed by atoms with Gasteiger partial charge in [-0.15, -0.1) is 0 Å². The monoisotopic (exact) mass is 202 g/mol. The molecule has 0 radical (unpaired) electrons. The molecule has 0 amide bonds. The number of hydrogen-bond donors (Lipinski definition) is 1. The summed E-state index contributed by atoms with van der Waals surface area (Å²) in [6.07, 6.45) is 3.64. The van der Waals surface area contributed by atoms with Crippen LogP contribution < -0.4 is 0 Å². The molecule has 0 spiro atoms. The van der Waals surface area contributed by atoms with Crippen molar-refractivity contribution in [3.8, 4) is 0 Å². The van der Waals surface area contributed by atoms with Crippen molar-refractivity contribution in [1.82, 2.24) is 0 Å². The summed E-state index contributed by atoms with van der Waals surface area (Å²) in [4.78, 5) is 21.1. The first-order chi connectivity index (χ1) is 6.66. The predicted molar refractivity (Wildman–Crippen MR) is 52.0 cm³/mol. The highest BCUT2D eigenvalue weighted by Gasteiger charge is 2.04. The van der Waals surface area contributed by atoms with Crippen molar-refractivity contribution in [2.75, 3.05) is 6.61 Å². The second kappa shape index (κ2) is 8.53. The molecule has 1 N–H and O–H groups in total. The zero-order valence-electron chi connectivity index (χ0n) is 8.62. The van der Waals surface area contributed by atoms with Gasteiger partial charge in [-0.25, -0.2) is 0 Å². The molecule has 4 heteroatoms. The second-order valence-corrected chi connectivity index (χ2v) is 3.17. The summed E-state index contributed by atoms with van der Waals surface area (Å²) in [5, 5.41) is 8.32. The summed E-state index contributed by atoms with van der Waals surface area (Å²) in [7, 11) is 0. The average molecular weight is 202 g/mol. The molecule has 0 aliphatic heterocycles. The highest BCUT2D eigenvalue weighted by molar-refractivity contribution is 5.71. The van der Waals surface area contributed by atoms with Crippen molar-refractivity contribution in [2.45, 2.75) is 45.4 Å². The maximum atomic E-state index is 11.0. The third-order valence-corrected chi connectivity index (χ3v) is 1.78. The van der Waals surface area contributed by atoms with Crippen molar-refractivity contribution >= 4 is 11.9 Å². The number of hydrogen-bond acceptors (Lipinski definition) is 3. The molecule has 0 bridgehead atoms. The van der Waals surface area contributed by atoms with E-state index in [1.807, 2.05) is 0 Å². The number of carboxylic acids is 1.